The average molecular weight is 342 g/mol. The lowest BCUT2D eigenvalue weighted by atomic mass is 10.1. The Labute approximate surface area is 148 Å². The molecular weight excluding hydrogens is 316 g/mol. The lowest BCUT2D eigenvalue weighted by molar-refractivity contribution is 0.357. The standard InChI is InChI=1S/C18H26N6O/c1-3-19-18(21-12-17-23-22-13-24(17)4-2)20-9-7-14-5-6-16-15(11-14)8-10-25-16/h5-6,11,13H,3-4,7-10,12H2,1-2H3,(H2,19,20,21). The van der Waals surface area contributed by atoms with Crippen LogP contribution in [0, 0.1) is 0 Å². The summed E-state index contributed by atoms with van der Waals surface area (Å²) in [5.41, 5.74) is 2.63. The van der Waals surface area contributed by atoms with E-state index in [0.717, 1.165) is 56.6 Å². The summed E-state index contributed by atoms with van der Waals surface area (Å²) in [6, 6.07) is 6.46. The van der Waals surface area contributed by atoms with Crippen LogP contribution in [-0.4, -0.2) is 40.4 Å². The molecule has 0 bridgehead atoms. The van der Waals surface area contributed by atoms with Crippen LogP contribution in [0.15, 0.2) is 29.5 Å². The van der Waals surface area contributed by atoms with Crippen LogP contribution in [0.4, 0.5) is 0 Å². The third-order valence-corrected chi connectivity index (χ3v) is 4.22. The van der Waals surface area contributed by atoms with Crippen molar-refractivity contribution in [3.63, 3.8) is 0 Å². The number of aryl methyl sites for hydroxylation is 1. The van der Waals surface area contributed by atoms with Crippen molar-refractivity contribution in [3.05, 3.63) is 41.5 Å². The minimum absolute atomic E-state index is 0.513. The molecule has 0 saturated carbocycles. The number of ether oxygens (including phenoxy) is 1. The van der Waals surface area contributed by atoms with Gasteiger partial charge in [-0.3, -0.25) is 0 Å². The molecule has 0 aliphatic carbocycles. The molecule has 134 valence electrons. The van der Waals surface area contributed by atoms with Gasteiger partial charge in [-0.05, 0) is 37.5 Å². The molecule has 2 heterocycles. The molecule has 1 aliphatic heterocycles. The minimum atomic E-state index is 0.513. The second-order valence-corrected chi connectivity index (χ2v) is 5.95. The van der Waals surface area contributed by atoms with Gasteiger partial charge >= 0.3 is 0 Å². The van der Waals surface area contributed by atoms with E-state index in [4.69, 9.17) is 4.74 Å². The van der Waals surface area contributed by atoms with Crippen LogP contribution < -0.4 is 15.4 Å². The van der Waals surface area contributed by atoms with Crippen LogP contribution in [0.25, 0.3) is 0 Å². The number of fused-ring (bicyclic) bond motifs is 1. The highest BCUT2D eigenvalue weighted by atomic mass is 16.5. The Hall–Kier alpha value is -2.57. The Morgan fingerprint density at radius 3 is 3.08 bits per heavy atom. The predicted octanol–water partition coefficient (Wildman–Crippen LogP) is 1.53. The van der Waals surface area contributed by atoms with Crippen LogP contribution in [0.3, 0.4) is 0 Å². The van der Waals surface area contributed by atoms with Crippen LogP contribution in [0.2, 0.25) is 0 Å². The monoisotopic (exact) mass is 342 g/mol. The molecule has 25 heavy (non-hydrogen) atoms. The highest BCUT2D eigenvalue weighted by molar-refractivity contribution is 5.79. The number of nitrogens with one attached hydrogen (secondary N) is 2. The van der Waals surface area contributed by atoms with E-state index < -0.39 is 0 Å². The molecule has 0 saturated heterocycles. The third kappa shape index (κ3) is 4.49. The van der Waals surface area contributed by atoms with E-state index in [-0.39, 0.29) is 0 Å². The minimum Gasteiger partial charge on any atom is -0.493 e. The van der Waals surface area contributed by atoms with E-state index in [1.165, 1.54) is 11.1 Å². The molecule has 1 aromatic heterocycles. The van der Waals surface area contributed by atoms with E-state index in [1.54, 1.807) is 6.33 Å². The molecule has 3 rings (SSSR count). The number of benzene rings is 1. The molecule has 2 N–H and O–H groups in total. The molecule has 0 amide bonds. The van der Waals surface area contributed by atoms with Gasteiger partial charge in [0.15, 0.2) is 11.8 Å². The zero-order valence-corrected chi connectivity index (χ0v) is 15.0. The number of aliphatic imine (C=N–C) groups is 1. The largest absolute Gasteiger partial charge is 0.493 e. The Bertz CT molecular complexity index is 724. The van der Waals surface area contributed by atoms with Crippen molar-refractivity contribution in [1.82, 2.24) is 25.4 Å². The fourth-order valence-electron chi connectivity index (χ4n) is 2.88. The van der Waals surface area contributed by atoms with Gasteiger partial charge in [-0.15, -0.1) is 10.2 Å². The van der Waals surface area contributed by atoms with Gasteiger partial charge in [0, 0.05) is 26.1 Å². The number of aromatic nitrogens is 3. The summed E-state index contributed by atoms with van der Waals surface area (Å²) in [5.74, 6) is 2.71. The average Bonchev–Trinajstić information content (AvgIpc) is 3.27. The van der Waals surface area contributed by atoms with Crippen LogP contribution in [0.1, 0.15) is 30.8 Å². The molecule has 0 spiro atoms. The van der Waals surface area contributed by atoms with E-state index in [1.807, 2.05) is 4.57 Å². The maximum Gasteiger partial charge on any atom is 0.191 e. The summed E-state index contributed by atoms with van der Waals surface area (Å²) < 4.78 is 7.56. The first-order valence-electron chi connectivity index (χ1n) is 8.93. The van der Waals surface area contributed by atoms with Crippen LogP contribution in [-0.2, 0) is 25.9 Å². The van der Waals surface area contributed by atoms with Crippen molar-refractivity contribution in [2.45, 2.75) is 39.8 Å². The maximum absolute atomic E-state index is 5.56. The smallest absolute Gasteiger partial charge is 0.191 e. The van der Waals surface area contributed by atoms with Crippen molar-refractivity contribution >= 4 is 5.96 Å². The number of guanidine groups is 1. The fraction of sp³-hybridized carbons (Fsp3) is 0.500. The quantitative estimate of drug-likeness (QED) is 0.589. The van der Waals surface area contributed by atoms with Crippen molar-refractivity contribution in [2.75, 3.05) is 19.7 Å². The summed E-state index contributed by atoms with van der Waals surface area (Å²) in [4.78, 5) is 4.60. The van der Waals surface area contributed by atoms with Gasteiger partial charge < -0.3 is 19.9 Å². The molecule has 1 aromatic carbocycles. The van der Waals surface area contributed by atoms with Gasteiger partial charge in [0.25, 0.3) is 0 Å². The molecule has 2 aromatic rings. The SMILES string of the molecule is CCNC(=NCc1nncn1CC)NCCc1ccc2c(c1)CCO2. The highest BCUT2D eigenvalue weighted by Crippen LogP contribution is 2.25. The van der Waals surface area contributed by atoms with Gasteiger partial charge in [0.05, 0.1) is 6.61 Å². The lowest BCUT2D eigenvalue weighted by Crippen LogP contribution is -2.38. The summed E-state index contributed by atoms with van der Waals surface area (Å²) in [6.45, 7) is 7.95. The molecular formula is C18H26N6O. The molecule has 7 heteroatoms. The van der Waals surface area contributed by atoms with Crippen molar-refractivity contribution in [1.29, 1.82) is 0 Å². The van der Waals surface area contributed by atoms with E-state index >= 15 is 0 Å². The molecule has 0 unspecified atom stereocenters. The van der Waals surface area contributed by atoms with Crippen molar-refractivity contribution in [2.24, 2.45) is 4.99 Å². The first kappa shape index (κ1) is 17.3. The van der Waals surface area contributed by atoms with Gasteiger partial charge in [-0.25, -0.2) is 4.99 Å². The fourth-order valence-corrected chi connectivity index (χ4v) is 2.88. The molecule has 0 radical (unpaired) electrons. The molecule has 1 aliphatic rings. The zero-order chi connectivity index (χ0) is 17.5. The van der Waals surface area contributed by atoms with Gasteiger partial charge in [0.2, 0.25) is 0 Å². The number of nitrogens with zero attached hydrogens (tertiary/aromatic N) is 4. The van der Waals surface area contributed by atoms with Crippen LogP contribution in [0.5, 0.6) is 5.75 Å². The normalized spacial score (nSPS) is 13.4. The first-order chi connectivity index (χ1) is 12.3. The van der Waals surface area contributed by atoms with E-state index in [9.17, 15) is 0 Å². The topological polar surface area (TPSA) is 76.4 Å². The van der Waals surface area contributed by atoms with E-state index in [2.05, 4.69) is 57.9 Å². The second-order valence-electron chi connectivity index (χ2n) is 5.95. The Morgan fingerprint density at radius 2 is 2.24 bits per heavy atom. The summed E-state index contributed by atoms with van der Waals surface area (Å²) in [7, 11) is 0. The number of hydrogen-bond donors (Lipinski definition) is 2. The third-order valence-electron chi connectivity index (χ3n) is 4.22. The van der Waals surface area contributed by atoms with E-state index in [0.29, 0.717) is 6.54 Å². The number of hydrogen-bond acceptors (Lipinski definition) is 4. The second kappa shape index (κ2) is 8.50. The van der Waals surface area contributed by atoms with Gasteiger partial charge in [-0.2, -0.15) is 0 Å². The lowest BCUT2D eigenvalue weighted by Gasteiger charge is -2.11. The Kier molecular flexibility index (Phi) is 5.87. The summed E-state index contributed by atoms with van der Waals surface area (Å²) in [6.07, 6.45) is 3.70. The first-order valence-corrected chi connectivity index (χ1v) is 8.93. The van der Waals surface area contributed by atoms with Crippen molar-refractivity contribution < 1.29 is 4.74 Å². The van der Waals surface area contributed by atoms with Gasteiger partial charge in [0.1, 0.15) is 18.6 Å². The number of rotatable bonds is 7. The van der Waals surface area contributed by atoms with Gasteiger partial charge in [-0.1, -0.05) is 12.1 Å². The maximum atomic E-state index is 5.56. The zero-order valence-electron chi connectivity index (χ0n) is 15.0. The highest BCUT2D eigenvalue weighted by Gasteiger charge is 2.11. The molecule has 0 fully saturated rings. The summed E-state index contributed by atoms with van der Waals surface area (Å²) >= 11 is 0. The van der Waals surface area contributed by atoms with Crippen LogP contribution >= 0.6 is 0 Å². The molecule has 0 atom stereocenters. The molecule has 7 nitrogen and oxygen atoms in total. The Morgan fingerprint density at radius 1 is 1.32 bits per heavy atom. The summed E-state index contributed by atoms with van der Waals surface area (Å²) in [5, 5.41) is 14.7. The van der Waals surface area contributed by atoms with Crippen molar-refractivity contribution in [3.8, 4) is 5.75 Å². The predicted molar refractivity (Wildman–Crippen MR) is 97.9 cm³/mol. The Balaban J connectivity index is 1.54.